The molecule has 3 N–H and O–H groups in total. The Bertz CT molecular complexity index is 1020. The Morgan fingerprint density at radius 3 is 1.69 bits per heavy atom. The predicted octanol–water partition coefficient (Wildman–Crippen LogP) is 6.44. The van der Waals surface area contributed by atoms with Crippen molar-refractivity contribution in [2.75, 3.05) is 13.1 Å². The van der Waals surface area contributed by atoms with Crippen molar-refractivity contribution in [2.24, 2.45) is 5.92 Å². The quantitative estimate of drug-likeness (QED) is 0.373. The molecule has 194 valence electrons. The van der Waals surface area contributed by atoms with E-state index in [0.29, 0.717) is 5.75 Å². The minimum absolute atomic E-state index is 0.0874. The molecular formula is C32H43NO3. The summed E-state index contributed by atoms with van der Waals surface area (Å²) in [6.07, 6.45) is 3.16. The lowest BCUT2D eigenvalue weighted by Crippen LogP contribution is -2.47. The third kappa shape index (κ3) is 6.97. The second-order valence-corrected chi connectivity index (χ2v) is 10.9. The molecule has 2 atom stereocenters. The molecular weight excluding hydrogens is 446 g/mol. The molecule has 36 heavy (non-hydrogen) atoms. The van der Waals surface area contributed by atoms with Gasteiger partial charge in [0.25, 0.3) is 0 Å². The highest BCUT2D eigenvalue weighted by molar-refractivity contribution is 5.39. The Morgan fingerprint density at radius 1 is 0.778 bits per heavy atom. The number of hydrogen-bond donors (Lipinski definition) is 3. The van der Waals surface area contributed by atoms with Gasteiger partial charge in [0.2, 0.25) is 0 Å². The third-order valence-corrected chi connectivity index (χ3v) is 7.25. The summed E-state index contributed by atoms with van der Waals surface area (Å²) in [6.45, 7) is 10.4. The van der Waals surface area contributed by atoms with Gasteiger partial charge in [0, 0.05) is 13.1 Å². The largest absolute Gasteiger partial charge is 0.508 e. The van der Waals surface area contributed by atoms with Gasteiger partial charge in [0.1, 0.15) is 17.6 Å². The maximum atomic E-state index is 12.1. The topological polar surface area (TPSA) is 63.9 Å². The van der Waals surface area contributed by atoms with Gasteiger partial charge in [-0.2, -0.15) is 0 Å². The number of nitrogens with zero attached hydrogens (tertiary/aromatic N) is 1. The normalized spacial score (nSPS) is 17.5. The average molecular weight is 490 g/mol. The van der Waals surface area contributed by atoms with Crippen LogP contribution in [0.25, 0.3) is 0 Å². The molecule has 3 aromatic carbocycles. The lowest BCUT2D eigenvalue weighted by molar-refractivity contribution is -0.0603. The molecule has 1 fully saturated rings. The van der Waals surface area contributed by atoms with E-state index < -0.39 is 5.60 Å². The van der Waals surface area contributed by atoms with Crippen molar-refractivity contribution in [3.05, 3.63) is 102 Å². The number of aliphatic hydroxyl groups excluding tert-OH is 1. The molecule has 0 saturated carbocycles. The van der Waals surface area contributed by atoms with Gasteiger partial charge < -0.3 is 15.3 Å². The molecule has 1 aliphatic heterocycles. The van der Waals surface area contributed by atoms with Crippen LogP contribution < -0.4 is 0 Å². The van der Waals surface area contributed by atoms with E-state index >= 15 is 0 Å². The standard InChI is InChI=1S/C26H37NO2.C6H6O/c1-5-9-24(28)27-18-16-23(17-19-27)26(29,21-10-7-6-8-11-21)22-14-12-20(13-15-22)25(2,3)4;7-6-4-2-1-3-5-6/h6-8,10-15,23-24,28-29H,5,9,16-19H2,1-4H3;1-5,7H. The first-order chi connectivity index (χ1) is 17.2. The zero-order valence-electron chi connectivity index (χ0n) is 22.3. The van der Waals surface area contributed by atoms with E-state index in [4.69, 9.17) is 5.11 Å². The molecule has 0 aliphatic carbocycles. The minimum atomic E-state index is -1.01. The third-order valence-electron chi connectivity index (χ3n) is 7.25. The maximum absolute atomic E-state index is 12.1. The van der Waals surface area contributed by atoms with E-state index in [2.05, 4.69) is 56.9 Å². The molecule has 0 aromatic heterocycles. The zero-order valence-corrected chi connectivity index (χ0v) is 22.3. The molecule has 0 spiro atoms. The van der Waals surface area contributed by atoms with Crippen molar-refractivity contribution in [3.8, 4) is 5.75 Å². The monoisotopic (exact) mass is 489 g/mol. The summed E-state index contributed by atoms with van der Waals surface area (Å²) in [5.74, 6) is 0.443. The SMILES string of the molecule is CCCC(O)N1CCC(C(O)(c2ccccc2)c2ccc(C(C)(C)C)cc2)CC1.Oc1ccccc1. The Labute approximate surface area is 217 Å². The van der Waals surface area contributed by atoms with Crippen molar-refractivity contribution in [3.63, 3.8) is 0 Å². The van der Waals surface area contributed by atoms with Crippen LogP contribution >= 0.6 is 0 Å². The molecule has 0 radical (unpaired) electrons. The van der Waals surface area contributed by atoms with E-state index in [-0.39, 0.29) is 17.6 Å². The van der Waals surface area contributed by atoms with E-state index in [1.807, 2.05) is 36.4 Å². The molecule has 4 heteroatoms. The molecule has 0 amide bonds. The second-order valence-electron chi connectivity index (χ2n) is 10.9. The first-order valence-electron chi connectivity index (χ1n) is 13.2. The Kier molecular flexibility index (Phi) is 9.72. The number of aromatic hydroxyl groups is 1. The number of likely N-dealkylation sites (tertiary alicyclic amines) is 1. The van der Waals surface area contributed by atoms with E-state index in [9.17, 15) is 10.2 Å². The molecule has 1 aliphatic rings. The summed E-state index contributed by atoms with van der Waals surface area (Å²) in [6, 6.07) is 27.3. The summed E-state index contributed by atoms with van der Waals surface area (Å²) < 4.78 is 0. The summed E-state index contributed by atoms with van der Waals surface area (Å²) >= 11 is 0. The van der Waals surface area contributed by atoms with Crippen molar-refractivity contribution < 1.29 is 15.3 Å². The van der Waals surface area contributed by atoms with Gasteiger partial charge in [-0.15, -0.1) is 0 Å². The van der Waals surface area contributed by atoms with Crippen LogP contribution in [0.1, 0.15) is 70.1 Å². The van der Waals surface area contributed by atoms with E-state index in [0.717, 1.165) is 49.9 Å². The lowest BCUT2D eigenvalue weighted by atomic mass is 9.71. The number of phenols is 1. The van der Waals surface area contributed by atoms with Gasteiger partial charge in [0.05, 0.1) is 0 Å². The Morgan fingerprint density at radius 2 is 1.25 bits per heavy atom. The predicted molar refractivity (Wildman–Crippen MR) is 148 cm³/mol. The fraction of sp³-hybridized carbons (Fsp3) is 0.438. The molecule has 2 unspecified atom stereocenters. The fourth-order valence-electron chi connectivity index (χ4n) is 5.04. The van der Waals surface area contributed by atoms with Crippen LogP contribution in [-0.4, -0.2) is 39.5 Å². The Balaban J connectivity index is 0.000000444. The first-order valence-corrected chi connectivity index (χ1v) is 13.2. The maximum Gasteiger partial charge on any atom is 0.117 e. The van der Waals surface area contributed by atoms with Gasteiger partial charge in [-0.25, -0.2) is 0 Å². The van der Waals surface area contributed by atoms with E-state index in [1.165, 1.54) is 5.56 Å². The Hall–Kier alpha value is -2.66. The fourth-order valence-corrected chi connectivity index (χ4v) is 5.04. The summed E-state index contributed by atoms with van der Waals surface area (Å²) in [7, 11) is 0. The van der Waals surface area contributed by atoms with Crippen LogP contribution in [0.3, 0.4) is 0 Å². The van der Waals surface area contributed by atoms with Crippen molar-refractivity contribution in [1.29, 1.82) is 0 Å². The highest BCUT2D eigenvalue weighted by Crippen LogP contribution is 2.42. The van der Waals surface area contributed by atoms with Crippen LogP contribution in [0.2, 0.25) is 0 Å². The van der Waals surface area contributed by atoms with Gasteiger partial charge in [0.15, 0.2) is 0 Å². The number of para-hydroxylation sites is 1. The second kappa shape index (κ2) is 12.5. The van der Waals surface area contributed by atoms with Crippen molar-refractivity contribution in [1.82, 2.24) is 4.90 Å². The number of hydrogen-bond acceptors (Lipinski definition) is 4. The highest BCUT2D eigenvalue weighted by Gasteiger charge is 2.42. The molecule has 3 aromatic rings. The lowest BCUT2D eigenvalue weighted by Gasteiger charge is -2.43. The van der Waals surface area contributed by atoms with Crippen LogP contribution in [0.4, 0.5) is 0 Å². The summed E-state index contributed by atoms with van der Waals surface area (Å²) in [5, 5.41) is 31.1. The minimum Gasteiger partial charge on any atom is -0.508 e. The van der Waals surface area contributed by atoms with Crippen molar-refractivity contribution in [2.45, 2.75) is 70.6 Å². The van der Waals surface area contributed by atoms with Crippen LogP contribution in [0.5, 0.6) is 5.75 Å². The van der Waals surface area contributed by atoms with Gasteiger partial charge in [-0.05, 0) is 59.4 Å². The highest BCUT2D eigenvalue weighted by atomic mass is 16.3. The van der Waals surface area contributed by atoms with E-state index in [1.54, 1.807) is 24.3 Å². The van der Waals surface area contributed by atoms with Crippen LogP contribution in [0, 0.1) is 5.92 Å². The summed E-state index contributed by atoms with van der Waals surface area (Å²) in [4.78, 5) is 2.16. The van der Waals surface area contributed by atoms with Crippen molar-refractivity contribution >= 4 is 0 Å². The van der Waals surface area contributed by atoms with Gasteiger partial charge >= 0.3 is 0 Å². The molecule has 1 saturated heterocycles. The van der Waals surface area contributed by atoms with Crippen LogP contribution in [-0.2, 0) is 11.0 Å². The number of aliphatic hydroxyl groups is 2. The number of rotatable bonds is 6. The summed E-state index contributed by atoms with van der Waals surface area (Å²) in [5.41, 5.74) is 2.26. The van der Waals surface area contributed by atoms with Crippen LogP contribution in [0.15, 0.2) is 84.9 Å². The smallest absolute Gasteiger partial charge is 0.117 e. The van der Waals surface area contributed by atoms with Gasteiger partial charge in [-0.1, -0.05) is 107 Å². The number of piperidine rings is 1. The number of phenolic OH excluding ortho intramolecular Hbond substituents is 1. The van der Waals surface area contributed by atoms with Gasteiger partial charge in [-0.3, -0.25) is 4.90 Å². The molecule has 1 heterocycles. The molecule has 0 bridgehead atoms. The molecule has 4 nitrogen and oxygen atoms in total. The average Bonchev–Trinajstić information content (AvgIpc) is 2.89. The molecule has 4 rings (SSSR count). The first kappa shape index (κ1) is 27.9. The zero-order chi connectivity index (χ0) is 26.2. The number of benzene rings is 3.